The number of piperazine rings is 1. The number of amides is 1. The van der Waals surface area contributed by atoms with Gasteiger partial charge in [-0.05, 0) is 55.3 Å². The van der Waals surface area contributed by atoms with Gasteiger partial charge in [0.2, 0.25) is 0 Å². The molecule has 10 nitrogen and oxygen atoms in total. The Morgan fingerprint density at radius 3 is 2.31 bits per heavy atom. The van der Waals surface area contributed by atoms with Crippen LogP contribution in [0.4, 0.5) is 13.2 Å². The van der Waals surface area contributed by atoms with Gasteiger partial charge in [-0.3, -0.25) is 14.6 Å². The fourth-order valence-corrected chi connectivity index (χ4v) is 5.17. The largest absolute Gasteiger partial charge is 0.573 e. The first kappa shape index (κ1) is 26.9. The number of rotatable bonds is 8. The molecule has 0 saturated carbocycles. The third-order valence-corrected chi connectivity index (χ3v) is 7.28. The molecule has 13 heteroatoms. The molecule has 0 radical (unpaired) electrons. The molecule has 5 rings (SSSR count). The molecule has 0 bridgehead atoms. The monoisotopic (exact) mass is 546 g/mol. The fraction of sp³-hybridized carbons (Fsp3) is 0.462. The summed E-state index contributed by atoms with van der Waals surface area (Å²) in [6.07, 6.45) is -2.15. The summed E-state index contributed by atoms with van der Waals surface area (Å²) < 4.78 is 46.5. The van der Waals surface area contributed by atoms with Gasteiger partial charge in [-0.1, -0.05) is 0 Å². The first-order chi connectivity index (χ1) is 18.8. The zero-order valence-electron chi connectivity index (χ0n) is 21.1. The van der Waals surface area contributed by atoms with Crippen LogP contribution >= 0.6 is 0 Å². The lowest BCUT2D eigenvalue weighted by atomic mass is 10.0. The van der Waals surface area contributed by atoms with Crippen molar-refractivity contribution in [2.24, 2.45) is 0 Å². The standard InChI is InChI=1S/C26H29F3N6O4/c27-26(28,29)39-22-4-2-21(3-5-22)38-17-20(16-36)34-13-11-33(12-14-34)19-7-9-35(10-8-19)25(37)18-1-6-23-24(15-18)31-32-30-23/h1-6,15-16,19-20H,7-14,17H2,(H,30,31,32). The Kier molecular flexibility index (Phi) is 7.98. The summed E-state index contributed by atoms with van der Waals surface area (Å²) >= 11 is 0. The summed E-state index contributed by atoms with van der Waals surface area (Å²) in [4.78, 5) is 31.1. The molecule has 1 amide bonds. The Bertz CT molecular complexity index is 1270. The van der Waals surface area contributed by atoms with Crippen LogP contribution in [0, 0.1) is 0 Å². The summed E-state index contributed by atoms with van der Waals surface area (Å²) in [6, 6.07) is 10.4. The maximum absolute atomic E-state index is 13.0. The van der Waals surface area contributed by atoms with Crippen LogP contribution in [0.15, 0.2) is 42.5 Å². The minimum absolute atomic E-state index is 0.000452. The van der Waals surface area contributed by atoms with Crippen molar-refractivity contribution in [3.8, 4) is 11.5 Å². The van der Waals surface area contributed by atoms with Gasteiger partial charge < -0.3 is 19.2 Å². The molecule has 2 aliphatic rings. The number of benzene rings is 2. The normalized spacial score (nSPS) is 18.7. The first-order valence-electron chi connectivity index (χ1n) is 12.8. The van der Waals surface area contributed by atoms with E-state index in [1.807, 2.05) is 4.90 Å². The number of alkyl halides is 3. The maximum Gasteiger partial charge on any atom is 0.573 e. The number of H-pyrrole nitrogens is 1. The minimum atomic E-state index is -4.75. The lowest BCUT2D eigenvalue weighted by Crippen LogP contribution is -2.56. The van der Waals surface area contributed by atoms with Gasteiger partial charge in [-0.25, -0.2) is 0 Å². The Labute approximate surface area is 222 Å². The van der Waals surface area contributed by atoms with Crippen LogP contribution < -0.4 is 9.47 Å². The SMILES string of the molecule is O=CC(COc1ccc(OC(F)(F)F)cc1)N1CCN(C2CCN(C(=O)c3ccc4n[nH]nc4c3)CC2)CC1. The highest BCUT2D eigenvalue weighted by molar-refractivity contribution is 5.97. The van der Waals surface area contributed by atoms with Crippen molar-refractivity contribution in [3.63, 3.8) is 0 Å². The Hall–Kier alpha value is -3.71. The topological polar surface area (TPSA) is 104 Å². The number of hydrogen-bond donors (Lipinski definition) is 1. The van der Waals surface area contributed by atoms with Gasteiger partial charge in [-0.2, -0.15) is 15.4 Å². The predicted molar refractivity (Wildman–Crippen MR) is 134 cm³/mol. The molecule has 0 aliphatic carbocycles. The van der Waals surface area contributed by atoms with E-state index in [0.29, 0.717) is 49.1 Å². The van der Waals surface area contributed by atoms with E-state index in [0.717, 1.165) is 37.7 Å². The second kappa shape index (κ2) is 11.6. The number of ether oxygens (including phenoxy) is 2. The van der Waals surface area contributed by atoms with Crippen molar-refractivity contribution < 1.29 is 32.2 Å². The van der Waals surface area contributed by atoms with Crippen LogP contribution in [0.3, 0.4) is 0 Å². The van der Waals surface area contributed by atoms with Crippen molar-refractivity contribution >= 4 is 23.2 Å². The molecule has 2 aromatic carbocycles. The average Bonchev–Trinajstić information content (AvgIpc) is 3.42. The van der Waals surface area contributed by atoms with E-state index in [-0.39, 0.29) is 18.3 Å². The van der Waals surface area contributed by atoms with Gasteiger partial charge in [0.05, 0.1) is 0 Å². The summed E-state index contributed by atoms with van der Waals surface area (Å²) in [6.45, 7) is 4.45. The highest BCUT2D eigenvalue weighted by Gasteiger charge is 2.32. The van der Waals surface area contributed by atoms with Gasteiger partial charge in [0.15, 0.2) is 0 Å². The van der Waals surface area contributed by atoms with Crippen LogP contribution in [-0.4, -0.2) is 107 Å². The van der Waals surface area contributed by atoms with Gasteiger partial charge >= 0.3 is 6.36 Å². The molecule has 3 aromatic rings. The van der Waals surface area contributed by atoms with Crippen LogP contribution in [-0.2, 0) is 4.79 Å². The summed E-state index contributed by atoms with van der Waals surface area (Å²) in [5.41, 5.74) is 2.00. The van der Waals surface area contributed by atoms with E-state index in [1.54, 1.807) is 18.2 Å². The minimum Gasteiger partial charge on any atom is -0.491 e. The predicted octanol–water partition coefficient (Wildman–Crippen LogP) is 2.73. The number of carbonyl (C=O) groups is 2. The molecule has 1 aromatic heterocycles. The zero-order chi connectivity index (χ0) is 27.4. The van der Waals surface area contributed by atoms with E-state index >= 15 is 0 Å². The summed E-state index contributed by atoms with van der Waals surface area (Å²) in [5, 5.41) is 10.6. The number of aldehydes is 1. The quantitative estimate of drug-likeness (QED) is 0.431. The summed E-state index contributed by atoms with van der Waals surface area (Å²) in [7, 11) is 0. The van der Waals surface area contributed by atoms with Crippen molar-refractivity contribution in [1.29, 1.82) is 0 Å². The van der Waals surface area contributed by atoms with Crippen molar-refractivity contribution in [2.75, 3.05) is 45.9 Å². The zero-order valence-corrected chi connectivity index (χ0v) is 21.1. The van der Waals surface area contributed by atoms with Gasteiger partial charge in [0.25, 0.3) is 5.91 Å². The lowest BCUT2D eigenvalue weighted by molar-refractivity contribution is -0.274. The van der Waals surface area contributed by atoms with Crippen molar-refractivity contribution in [2.45, 2.75) is 31.3 Å². The van der Waals surface area contributed by atoms with E-state index in [4.69, 9.17) is 4.74 Å². The molecule has 1 unspecified atom stereocenters. The molecule has 1 atom stereocenters. The Balaban J connectivity index is 1.06. The number of piperidine rings is 1. The molecule has 208 valence electrons. The molecular formula is C26H29F3N6O4. The van der Waals surface area contributed by atoms with E-state index in [9.17, 15) is 22.8 Å². The molecule has 39 heavy (non-hydrogen) atoms. The molecule has 3 heterocycles. The molecule has 1 N–H and O–H groups in total. The Morgan fingerprint density at radius 1 is 0.974 bits per heavy atom. The number of nitrogens with one attached hydrogen (secondary N) is 1. The van der Waals surface area contributed by atoms with E-state index in [1.165, 1.54) is 24.3 Å². The van der Waals surface area contributed by atoms with Crippen molar-refractivity contribution in [3.05, 3.63) is 48.0 Å². The van der Waals surface area contributed by atoms with Gasteiger partial charge in [0, 0.05) is 50.9 Å². The van der Waals surface area contributed by atoms with Crippen LogP contribution in [0.5, 0.6) is 11.5 Å². The highest BCUT2D eigenvalue weighted by Crippen LogP contribution is 2.25. The fourth-order valence-electron chi connectivity index (χ4n) is 5.17. The first-order valence-corrected chi connectivity index (χ1v) is 12.8. The molecule has 0 spiro atoms. The van der Waals surface area contributed by atoms with Gasteiger partial charge in [0.1, 0.15) is 41.5 Å². The number of halogens is 3. The maximum atomic E-state index is 13.0. The molecule has 2 fully saturated rings. The number of aromatic amines is 1. The van der Waals surface area contributed by atoms with E-state index < -0.39 is 12.4 Å². The number of hydrogen-bond acceptors (Lipinski definition) is 8. The lowest BCUT2D eigenvalue weighted by Gasteiger charge is -2.43. The van der Waals surface area contributed by atoms with E-state index in [2.05, 4.69) is 29.9 Å². The summed E-state index contributed by atoms with van der Waals surface area (Å²) in [5.74, 6) is 0.0259. The third-order valence-electron chi connectivity index (χ3n) is 7.28. The van der Waals surface area contributed by atoms with Crippen LogP contribution in [0.25, 0.3) is 11.0 Å². The number of fused-ring (bicyclic) bond motifs is 1. The smallest absolute Gasteiger partial charge is 0.491 e. The number of aromatic nitrogens is 3. The second-order valence-corrected chi connectivity index (χ2v) is 9.66. The second-order valence-electron chi connectivity index (χ2n) is 9.66. The number of likely N-dealkylation sites (tertiary alicyclic amines) is 1. The third kappa shape index (κ3) is 6.66. The van der Waals surface area contributed by atoms with Gasteiger partial charge in [-0.15, -0.1) is 13.2 Å². The molecular weight excluding hydrogens is 517 g/mol. The Morgan fingerprint density at radius 2 is 1.64 bits per heavy atom. The molecule has 2 saturated heterocycles. The average molecular weight is 547 g/mol. The number of carbonyl (C=O) groups excluding carboxylic acids is 2. The van der Waals surface area contributed by atoms with Crippen LogP contribution in [0.2, 0.25) is 0 Å². The van der Waals surface area contributed by atoms with Crippen LogP contribution in [0.1, 0.15) is 23.2 Å². The van der Waals surface area contributed by atoms with Crippen molar-refractivity contribution in [1.82, 2.24) is 30.1 Å². The number of nitrogens with zero attached hydrogens (tertiary/aromatic N) is 5. The molecule has 2 aliphatic heterocycles. The highest BCUT2D eigenvalue weighted by atomic mass is 19.4.